The molecule has 0 heterocycles. The molecular formula is C13H8ClFO2. The molecule has 0 unspecified atom stereocenters. The van der Waals surface area contributed by atoms with E-state index in [-0.39, 0.29) is 10.6 Å². The molecule has 0 fully saturated rings. The van der Waals surface area contributed by atoms with Crippen molar-refractivity contribution in [2.75, 3.05) is 0 Å². The van der Waals surface area contributed by atoms with E-state index in [0.717, 1.165) is 0 Å². The van der Waals surface area contributed by atoms with Crippen molar-refractivity contribution < 1.29 is 14.3 Å². The smallest absolute Gasteiger partial charge is 0.335 e. The van der Waals surface area contributed by atoms with E-state index in [2.05, 4.69) is 0 Å². The van der Waals surface area contributed by atoms with Crippen LogP contribution in [0.4, 0.5) is 4.39 Å². The number of hydrogen-bond acceptors (Lipinski definition) is 1. The van der Waals surface area contributed by atoms with Gasteiger partial charge in [0.15, 0.2) is 0 Å². The Hall–Kier alpha value is -1.87. The summed E-state index contributed by atoms with van der Waals surface area (Å²) < 4.78 is 13.0. The summed E-state index contributed by atoms with van der Waals surface area (Å²) >= 11 is 5.67. The Morgan fingerprint density at radius 3 is 2.47 bits per heavy atom. The Morgan fingerprint density at radius 2 is 1.82 bits per heavy atom. The van der Waals surface area contributed by atoms with Crippen LogP contribution in [0.3, 0.4) is 0 Å². The highest BCUT2D eigenvalue weighted by atomic mass is 35.5. The Kier molecular flexibility index (Phi) is 3.11. The number of halogens is 2. The molecule has 4 heteroatoms. The average molecular weight is 251 g/mol. The maximum atomic E-state index is 13.0. The fourth-order valence-corrected chi connectivity index (χ4v) is 1.69. The van der Waals surface area contributed by atoms with Gasteiger partial charge in [0.25, 0.3) is 0 Å². The van der Waals surface area contributed by atoms with Crippen LogP contribution in [-0.4, -0.2) is 11.1 Å². The van der Waals surface area contributed by atoms with E-state index in [1.165, 1.54) is 24.3 Å². The molecule has 86 valence electrons. The Labute approximate surface area is 102 Å². The van der Waals surface area contributed by atoms with Gasteiger partial charge in [0, 0.05) is 0 Å². The van der Waals surface area contributed by atoms with Crippen molar-refractivity contribution in [1.82, 2.24) is 0 Å². The highest BCUT2D eigenvalue weighted by molar-refractivity contribution is 6.31. The zero-order chi connectivity index (χ0) is 12.4. The van der Waals surface area contributed by atoms with Crippen LogP contribution < -0.4 is 0 Å². The summed E-state index contributed by atoms with van der Waals surface area (Å²) in [6, 6.07) is 10.7. The molecule has 0 saturated heterocycles. The SMILES string of the molecule is O=C(O)c1cccc(-c2ccc(F)c(Cl)c2)c1. The summed E-state index contributed by atoms with van der Waals surface area (Å²) in [5.41, 5.74) is 1.55. The molecule has 0 radical (unpaired) electrons. The lowest BCUT2D eigenvalue weighted by molar-refractivity contribution is 0.0697. The third-order valence-electron chi connectivity index (χ3n) is 2.36. The first-order valence-corrected chi connectivity index (χ1v) is 5.24. The lowest BCUT2D eigenvalue weighted by Gasteiger charge is -2.04. The monoisotopic (exact) mass is 250 g/mol. The molecule has 2 aromatic rings. The fraction of sp³-hybridized carbons (Fsp3) is 0. The molecule has 2 aromatic carbocycles. The standard InChI is InChI=1S/C13H8ClFO2/c14-11-7-9(4-5-12(11)15)8-2-1-3-10(6-8)13(16)17/h1-7H,(H,16,17). The van der Waals surface area contributed by atoms with Gasteiger partial charge in [-0.2, -0.15) is 0 Å². The number of benzene rings is 2. The zero-order valence-corrected chi connectivity index (χ0v) is 9.41. The van der Waals surface area contributed by atoms with Gasteiger partial charge in [-0.3, -0.25) is 0 Å². The van der Waals surface area contributed by atoms with Gasteiger partial charge in [0.05, 0.1) is 10.6 Å². The van der Waals surface area contributed by atoms with Crippen molar-refractivity contribution in [3.05, 3.63) is 58.9 Å². The Balaban J connectivity index is 2.49. The Morgan fingerprint density at radius 1 is 1.12 bits per heavy atom. The summed E-state index contributed by atoms with van der Waals surface area (Å²) in [5, 5.41) is 8.89. The van der Waals surface area contributed by atoms with Gasteiger partial charge < -0.3 is 5.11 Å². The second kappa shape index (κ2) is 4.55. The first-order chi connectivity index (χ1) is 8.08. The van der Waals surface area contributed by atoms with Gasteiger partial charge in [0.2, 0.25) is 0 Å². The third kappa shape index (κ3) is 2.45. The van der Waals surface area contributed by atoms with Crippen LogP contribution in [0.2, 0.25) is 5.02 Å². The lowest BCUT2D eigenvalue weighted by atomic mass is 10.0. The minimum Gasteiger partial charge on any atom is -0.478 e. The molecule has 1 N–H and O–H groups in total. The molecular weight excluding hydrogens is 243 g/mol. The van der Waals surface area contributed by atoms with Crippen LogP contribution in [0.15, 0.2) is 42.5 Å². The average Bonchev–Trinajstić information content (AvgIpc) is 2.33. The van der Waals surface area contributed by atoms with E-state index >= 15 is 0 Å². The van der Waals surface area contributed by atoms with Crippen molar-refractivity contribution in [3.8, 4) is 11.1 Å². The maximum absolute atomic E-state index is 13.0. The van der Waals surface area contributed by atoms with Gasteiger partial charge in [0.1, 0.15) is 5.82 Å². The molecule has 0 aliphatic rings. The predicted octanol–water partition coefficient (Wildman–Crippen LogP) is 3.84. The van der Waals surface area contributed by atoms with Gasteiger partial charge in [-0.25, -0.2) is 9.18 Å². The molecule has 0 saturated carbocycles. The van der Waals surface area contributed by atoms with Gasteiger partial charge >= 0.3 is 5.97 Å². The van der Waals surface area contributed by atoms with E-state index in [0.29, 0.717) is 11.1 Å². The number of carboxylic acids is 1. The topological polar surface area (TPSA) is 37.3 Å². The minimum absolute atomic E-state index is 0.0169. The molecule has 2 nitrogen and oxygen atoms in total. The number of rotatable bonds is 2. The summed E-state index contributed by atoms with van der Waals surface area (Å²) in [6.45, 7) is 0. The summed E-state index contributed by atoms with van der Waals surface area (Å²) in [6.07, 6.45) is 0. The number of hydrogen-bond donors (Lipinski definition) is 1. The summed E-state index contributed by atoms with van der Waals surface area (Å²) in [7, 11) is 0. The molecule has 0 aromatic heterocycles. The van der Waals surface area contributed by atoms with Crippen molar-refractivity contribution in [2.45, 2.75) is 0 Å². The minimum atomic E-state index is -1.000. The maximum Gasteiger partial charge on any atom is 0.335 e. The first-order valence-electron chi connectivity index (χ1n) is 4.87. The van der Waals surface area contributed by atoms with E-state index in [1.54, 1.807) is 18.2 Å². The number of aromatic carboxylic acids is 1. The molecule has 17 heavy (non-hydrogen) atoms. The van der Waals surface area contributed by atoms with Crippen LogP contribution in [-0.2, 0) is 0 Å². The number of carboxylic acid groups (broad SMARTS) is 1. The van der Waals surface area contributed by atoms with Gasteiger partial charge in [-0.1, -0.05) is 29.8 Å². The second-order valence-corrected chi connectivity index (χ2v) is 3.92. The quantitative estimate of drug-likeness (QED) is 0.879. The molecule has 0 aliphatic carbocycles. The van der Waals surface area contributed by atoms with E-state index in [4.69, 9.17) is 16.7 Å². The van der Waals surface area contributed by atoms with E-state index in [1.807, 2.05) is 0 Å². The van der Waals surface area contributed by atoms with Crippen molar-refractivity contribution in [1.29, 1.82) is 0 Å². The van der Waals surface area contributed by atoms with E-state index < -0.39 is 11.8 Å². The molecule has 0 spiro atoms. The van der Waals surface area contributed by atoms with Crippen LogP contribution in [0.1, 0.15) is 10.4 Å². The normalized spacial score (nSPS) is 10.2. The fourth-order valence-electron chi connectivity index (χ4n) is 1.51. The highest BCUT2D eigenvalue weighted by Gasteiger charge is 2.06. The number of carbonyl (C=O) groups is 1. The predicted molar refractivity (Wildman–Crippen MR) is 63.8 cm³/mol. The van der Waals surface area contributed by atoms with Crippen molar-refractivity contribution >= 4 is 17.6 Å². The molecule has 0 aliphatic heterocycles. The third-order valence-corrected chi connectivity index (χ3v) is 2.65. The molecule has 0 bridgehead atoms. The summed E-state index contributed by atoms with van der Waals surface area (Å²) in [4.78, 5) is 10.8. The largest absolute Gasteiger partial charge is 0.478 e. The van der Waals surface area contributed by atoms with Crippen molar-refractivity contribution in [3.63, 3.8) is 0 Å². The highest BCUT2D eigenvalue weighted by Crippen LogP contribution is 2.25. The molecule has 2 rings (SSSR count). The zero-order valence-electron chi connectivity index (χ0n) is 8.65. The molecule has 0 amide bonds. The van der Waals surface area contributed by atoms with Crippen LogP contribution in [0.5, 0.6) is 0 Å². The first kappa shape index (κ1) is 11.6. The Bertz CT molecular complexity index is 581. The summed E-state index contributed by atoms with van der Waals surface area (Å²) in [5.74, 6) is -1.50. The lowest BCUT2D eigenvalue weighted by Crippen LogP contribution is -1.95. The van der Waals surface area contributed by atoms with Crippen LogP contribution in [0.25, 0.3) is 11.1 Å². The van der Waals surface area contributed by atoms with Crippen LogP contribution >= 0.6 is 11.6 Å². The van der Waals surface area contributed by atoms with Crippen LogP contribution in [0, 0.1) is 5.82 Å². The van der Waals surface area contributed by atoms with Crippen molar-refractivity contribution in [2.24, 2.45) is 0 Å². The molecule has 0 atom stereocenters. The van der Waals surface area contributed by atoms with E-state index in [9.17, 15) is 9.18 Å². The second-order valence-electron chi connectivity index (χ2n) is 3.51. The van der Waals surface area contributed by atoms with Gasteiger partial charge in [-0.05, 0) is 35.4 Å². The van der Waals surface area contributed by atoms with Gasteiger partial charge in [-0.15, -0.1) is 0 Å².